The summed E-state index contributed by atoms with van der Waals surface area (Å²) in [6.07, 6.45) is 1.08. The van der Waals surface area contributed by atoms with E-state index in [2.05, 4.69) is 4.98 Å². The molecule has 11 heteroatoms. The third-order valence-electron chi connectivity index (χ3n) is 5.21. The minimum absolute atomic E-state index is 0.00621. The van der Waals surface area contributed by atoms with Crippen molar-refractivity contribution in [1.29, 1.82) is 10.5 Å². The Labute approximate surface area is 195 Å². The first-order valence-corrected chi connectivity index (χ1v) is 10.7. The van der Waals surface area contributed by atoms with Crippen molar-refractivity contribution in [2.45, 2.75) is 19.9 Å². The molecule has 0 atom stereocenters. The predicted molar refractivity (Wildman–Crippen MR) is 121 cm³/mol. The molecule has 0 N–H and O–H groups in total. The topological polar surface area (TPSA) is 114 Å². The highest BCUT2D eigenvalue weighted by Crippen LogP contribution is 2.36. The molecule has 8 nitrogen and oxygen atoms in total. The van der Waals surface area contributed by atoms with E-state index < -0.39 is 23.0 Å². The molecule has 0 amide bonds. The maximum absolute atomic E-state index is 14.1. The second-order valence-electron chi connectivity index (χ2n) is 7.25. The Kier molecular flexibility index (Phi) is 5.97. The molecule has 0 radical (unpaired) electrons. The Morgan fingerprint density at radius 3 is 2.59 bits per heavy atom. The highest BCUT2D eigenvalue weighted by molar-refractivity contribution is 7.22. The number of benzene rings is 1. The monoisotopic (exact) mass is 479 g/mol. The van der Waals surface area contributed by atoms with Crippen molar-refractivity contribution < 1.29 is 13.5 Å². The third-order valence-corrected chi connectivity index (χ3v) is 6.35. The van der Waals surface area contributed by atoms with Crippen LogP contribution in [0.3, 0.4) is 0 Å². The lowest BCUT2D eigenvalue weighted by atomic mass is 10.1. The lowest BCUT2D eigenvalue weighted by Crippen LogP contribution is -2.38. The van der Waals surface area contributed by atoms with Gasteiger partial charge in [0, 0.05) is 22.5 Å². The number of rotatable bonds is 5. The van der Waals surface area contributed by atoms with Crippen molar-refractivity contribution in [3.05, 3.63) is 74.2 Å². The van der Waals surface area contributed by atoms with E-state index in [1.165, 1.54) is 30.7 Å². The van der Waals surface area contributed by atoms with Gasteiger partial charge in [-0.15, -0.1) is 11.3 Å². The van der Waals surface area contributed by atoms with Crippen LogP contribution in [0.4, 0.5) is 8.78 Å². The number of aromatic nitrogens is 3. The molecule has 34 heavy (non-hydrogen) atoms. The van der Waals surface area contributed by atoms with Gasteiger partial charge in [-0.2, -0.15) is 14.9 Å². The first-order valence-electron chi connectivity index (χ1n) is 9.87. The molecule has 0 unspecified atom stereocenters. The van der Waals surface area contributed by atoms with Crippen LogP contribution in [0.25, 0.3) is 26.3 Å². The molecular formula is C23H15F2N5O3S. The van der Waals surface area contributed by atoms with Crippen LogP contribution in [0.2, 0.25) is 0 Å². The van der Waals surface area contributed by atoms with Crippen LogP contribution in [-0.2, 0) is 6.54 Å². The van der Waals surface area contributed by atoms with Crippen molar-refractivity contribution in [2.75, 3.05) is 7.11 Å². The van der Waals surface area contributed by atoms with Crippen LogP contribution >= 0.6 is 11.3 Å². The van der Waals surface area contributed by atoms with E-state index in [0.29, 0.717) is 10.4 Å². The van der Waals surface area contributed by atoms with Gasteiger partial charge in [0.1, 0.15) is 4.70 Å². The van der Waals surface area contributed by atoms with Crippen molar-refractivity contribution in [2.24, 2.45) is 0 Å². The molecule has 0 aliphatic heterocycles. The number of pyridine rings is 1. The third kappa shape index (κ3) is 3.72. The second-order valence-corrected chi connectivity index (χ2v) is 8.31. The first kappa shape index (κ1) is 22.8. The summed E-state index contributed by atoms with van der Waals surface area (Å²) in [7, 11) is 1.29. The molecule has 3 aromatic heterocycles. The summed E-state index contributed by atoms with van der Waals surface area (Å²) in [4.78, 5) is 30.7. The fraction of sp³-hybridized carbons (Fsp3) is 0.174. The minimum atomic E-state index is -0.726. The quantitative estimate of drug-likeness (QED) is 0.404. The van der Waals surface area contributed by atoms with Gasteiger partial charge in [-0.25, -0.2) is 18.7 Å². The summed E-state index contributed by atoms with van der Waals surface area (Å²) in [6.45, 7) is 1.45. The number of aryl methyl sites for hydroxylation is 2. The summed E-state index contributed by atoms with van der Waals surface area (Å²) in [5, 5.41) is 18.6. The van der Waals surface area contributed by atoms with E-state index >= 15 is 0 Å². The molecule has 0 fully saturated rings. The molecule has 170 valence electrons. The standard InChI is InChI=1S/C23H15F2N5O3S/c1-12-6-14(11-28-21(12)25)30-22(31)20-17(29(23(30)32)5-3-4-26)9-19(34-20)15-8-18(33-2)16(24)7-13(15)10-27/h6-9,11H,3,5H2,1-2H3. The molecule has 0 spiro atoms. The maximum Gasteiger partial charge on any atom is 0.336 e. The van der Waals surface area contributed by atoms with E-state index in [9.17, 15) is 23.6 Å². The van der Waals surface area contributed by atoms with Gasteiger partial charge in [0.05, 0.1) is 48.6 Å². The first-order chi connectivity index (χ1) is 16.3. The van der Waals surface area contributed by atoms with Crippen LogP contribution in [-0.4, -0.2) is 21.2 Å². The number of nitrogens with zero attached hydrogens (tertiary/aromatic N) is 5. The SMILES string of the molecule is COc1cc(-c2cc3c(s2)c(=O)n(-c2cnc(F)c(C)c2)c(=O)n3CCC#N)c(C#N)cc1F. The highest BCUT2D eigenvalue weighted by atomic mass is 32.1. The average molecular weight is 479 g/mol. The summed E-state index contributed by atoms with van der Waals surface area (Å²) < 4.78 is 35.1. The van der Waals surface area contributed by atoms with Gasteiger partial charge in [-0.1, -0.05) is 0 Å². The Balaban J connectivity index is 2.06. The number of methoxy groups -OCH3 is 1. The van der Waals surface area contributed by atoms with Gasteiger partial charge in [0.15, 0.2) is 11.6 Å². The number of nitriles is 2. The Bertz CT molecular complexity index is 1660. The Hall–Kier alpha value is -4.35. The molecule has 1 aromatic carbocycles. The zero-order valence-corrected chi connectivity index (χ0v) is 18.7. The van der Waals surface area contributed by atoms with Gasteiger partial charge < -0.3 is 4.74 Å². The number of ether oxygens (including phenoxy) is 1. The molecule has 0 aliphatic carbocycles. The molecule has 0 saturated heterocycles. The number of hydrogen-bond acceptors (Lipinski definition) is 7. The fourth-order valence-corrected chi connectivity index (χ4v) is 4.68. The summed E-state index contributed by atoms with van der Waals surface area (Å²) >= 11 is 1.00. The summed E-state index contributed by atoms with van der Waals surface area (Å²) in [5.41, 5.74) is -0.539. The summed E-state index contributed by atoms with van der Waals surface area (Å²) in [5.74, 6) is -1.52. The number of hydrogen-bond donors (Lipinski definition) is 0. The Morgan fingerprint density at radius 1 is 1.18 bits per heavy atom. The van der Waals surface area contributed by atoms with E-state index in [4.69, 9.17) is 10.00 Å². The highest BCUT2D eigenvalue weighted by Gasteiger charge is 2.21. The lowest BCUT2D eigenvalue weighted by Gasteiger charge is -2.11. The van der Waals surface area contributed by atoms with Crippen LogP contribution in [0, 0.1) is 41.4 Å². The molecule has 3 heterocycles. The number of halogens is 2. The maximum atomic E-state index is 14.1. The van der Waals surface area contributed by atoms with Gasteiger partial charge in [0.25, 0.3) is 5.56 Å². The van der Waals surface area contributed by atoms with E-state index in [0.717, 1.165) is 28.2 Å². The normalized spacial score (nSPS) is 10.8. The second kappa shape index (κ2) is 8.89. The van der Waals surface area contributed by atoms with E-state index in [-0.39, 0.29) is 45.7 Å². The molecular weight excluding hydrogens is 464 g/mol. The van der Waals surface area contributed by atoms with Crippen molar-refractivity contribution in [3.8, 4) is 34.0 Å². The fourth-order valence-electron chi connectivity index (χ4n) is 3.56. The average Bonchev–Trinajstić information content (AvgIpc) is 3.26. The molecule has 0 saturated carbocycles. The zero-order chi connectivity index (χ0) is 24.6. The number of thiophene rings is 1. The molecule has 4 aromatic rings. The number of fused-ring (bicyclic) bond motifs is 1. The van der Waals surface area contributed by atoms with Crippen molar-refractivity contribution in [3.63, 3.8) is 0 Å². The van der Waals surface area contributed by atoms with Crippen LogP contribution < -0.4 is 16.0 Å². The molecule has 4 rings (SSSR count). The van der Waals surface area contributed by atoms with Crippen molar-refractivity contribution in [1.82, 2.24) is 14.1 Å². The zero-order valence-electron chi connectivity index (χ0n) is 17.9. The van der Waals surface area contributed by atoms with Gasteiger partial charge >= 0.3 is 5.69 Å². The lowest BCUT2D eigenvalue weighted by molar-refractivity contribution is 0.386. The largest absolute Gasteiger partial charge is 0.494 e. The van der Waals surface area contributed by atoms with Gasteiger partial charge in [0.2, 0.25) is 5.95 Å². The van der Waals surface area contributed by atoms with Gasteiger partial charge in [-0.3, -0.25) is 9.36 Å². The van der Waals surface area contributed by atoms with E-state index in [1.807, 2.05) is 12.1 Å². The molecule has 0 bridgehead atoms. The van der Waals surface area contributed by atoms with Crippen LogP contribution in [0.15, 0.2) is 40.1 Å². The summed E-state index contributed by atoms with van der Waals surface area (Å²) in [6, 6.07) is 9.16. The smallest absolute Gasteiger partial charge is 0.336 e. The van der Waals surface area contributed by atoms with E-state index in [1.54, 1.807) is 6.07 Å². The Morgan fingerprint density at radius 2 is 1.94 bits per heavy atom. The van der Waals surface area contributed by atoms with Crippen molar-refractivity contribution >= 4 is 21.6 Å². The minimum Gasteiger partial charge on any atom is -0.494 e. The predicted octanol–water partition coefficient (Wildman–Crippen LogP) is 3.66. The van der Waals surface area contributed by atoms with Gasteiger partial charge in [-0.05, 0) is 31.2 Å². The van der Waals surface area contributed by atoms with Crippen LogP contribution in [0.5, 0.6) is 5.75 Å². The van der Waals surface area contributed by atoms with Crippen LogP contribution in [0.1, 0.15) is 17.5 Å². The molecule has 0 aliphatic rings.